The second-order valence-electron chi connectivity index (χ2n) is 10.0. The van der Waals surface area contributed by atoms with Crippen molar-refractivity contribution in [2.45, 2.75) is 55.8 Å². The predicted molar refractivity (Wildman–Crippen MR) is 153 cm³/mol. The first-order chi connectivity index (χ1) is 22.1. The zero-order valence-corrected chi connectivity index (χ0v) is 30.4. The second kappa shape index (κ2) is 16.3. The topological polar surface area (TPSA) is 385 Å². The molecule has 49 heavy (non-hydrogen) atoms. The number of phosphoric ester groups is 2. The number of nitrogens with one attached hydrogen (secondary N) is 1. The van der Waals surface area contributed by atoms with Crippen LogP contribution >= 0.6 is 31.3 Å². The van der Waals surface area contributed by atoms with Crippen LogP contribution < -0.4 is 16.7 Å². The fraction of sp³-hybridized carbons (Fsp3) is 0.667. The van der Waals surface area contributed by atoms with Crippen molar-refractivity contribution in [1.82, 2.24) is 19.8 Å². The molecule has 3 saturated heterocycles. The SMILES string of the molecule is Nc1ccn([C@H]2C[C@H](O)[C@@H](COP(=O)(O)OP(=O)(O)OP(=O)(O)OP(=O)(O)OC[C@H]3O[C@@H](N4CCC(=O)NC4=O)[C@H](O)[C@@H]3O)O2)c(=O)n1.[Na]. The third kappa shape index (κ3) is 11.5. The van der Waals surface area contributed by atoms with Gasteiger partial charge in [0.15, 0.2) is 6.23 Å². The molecule has 1 aromatic heterocycles. The fourth-order valence-corrected chi connectivity index (χ4v) is 9.38. The molecule has 11 atom stereocenters. The Kier molecular flexibility index (Phi) is 14.1. The number of hydrogen-bond donors (Lipinski definition) is 9. The van der Waals surface area contributed by atoms with Gasteiger partial charge in [0.1, 0.15) is 36.5 Å². The maximum atomic E-state index is 12.2. The van der Waals surface area contributed by atoms with Crippen LogP contribution in [-0.4, -0.2) is 147 Å². The summed E-state index contributed by atoms with van der Waals surface area (Å²) >= 11 is 0. The minimum Gasteiger partial charge on any atom is -0.390 e. The van der Waals surface area contributed by atoms with Crippen LogP contribution in [0.3, 0.4) is 0 Å². The van der Waals surface area contributed by atoms with E-state index in [2.05, 4.69) is 27.0 Å². The van der Waals surface area contributed by atoms with Gasteiger partial charge in [0.2, 0.25) is 5.91 Å². The number of nitrogens with two attached hydrogens (primary N) is 1. The number of ether oxygens (including phenoxy) is 2. The molecule has 10 N–H and O–H groups in total. The molecule has 4 unspecified atom stereocenters. The van der Waals surface area contributed by atoms with Gasteiger partial charge in [0.25, 0.3) is 0 Å². The molecule has 273 valence electrons. The van der Waals surface area contributed by atoms with Gasteiger partial charge < -0.3 is 50.1 Å². The Bertz CT molecular complexity index is 1650. The first-order valence-electron chi connectivity index (χ1n) is 13.1. The number of amides is 3. The van der Waals surface area contributed by atoms with E-state index < -0.39 is 105 Å². The maximum absolute atomic E-state index is 12.2. The number of rotatable bonds is 14. The average molecular weight is 798 g/mol. The quantitative estimate of drug-likeness (QED) is 0.0667. The molecule has 3 amide bonds. The normalized spacial score (nSPS) is 32.3. The summed E-state index contributed by atoms with van der Waals surface area (Å²) in [4.78, 5) is 78.7. The molecular weight excluding hydrogens is 769 g/mol. The summed E-state index contributed by atoms with van der Waals surface area (Å²) in [6.45, 7) is -2.40. The molecule has 26 nitrogen and oxygen atoms in total. The number of aliphatic hydroxyl groups is 3. The van der Waals surface area contributed by atoms with Crippen LogP contribution in [0.1, 0.15) is 19.1 Å². The average Bonchev–Trinajstić information content (AvgIpc) is 3.42. The second-order valence-corrected chi connectivity index (χ2v) is 16.3. The Hall–Kier alpha value is -1.02. The molecule has 4 rings (SSSR count). The summed E-state index contributed by atoms with van der Waals surface area (Å²) in [6.07, 6.45) is -10.1. The van der Waals surface area contributed by atoms with Crippen molar-refractivity contribution in [2.24, 2.45) is 0 Å². The molecule has 4 heterocycles. The number of phosphoric acid groups is 4. The van der Waals surface area contributed by atoms with Gasteiger partial charge in [0.05, 0.1) is 19.3 Å². The van der Waals surface area contributed by atoms with Gasteiger partial charge in [-0.2, -0.15) is 17.9 Å². The largest absolute Gasteiger partial charge is 0.490 e. The Morgan fingerprint density at radius 1 is 0.878 bits per heavy atom. The summed E-state index contributed by atoms with van der Waals surface area (Å²) < 4.78 is 80.7. The molecule has 3 aliphatic rings. The van der Waals surface area contributed by atoms with Crippen molar-refractivity contribution in [3.63, 3.8) is 0 Å². The van der Waals surface area contributed by atoms with Crippen LogP contribution in [0.25, 0.3) is 0 Å². The van der Waals surface area contributed by atoms with E-state index in [-0.39, 0.29) is 54.8 Å². The van der Waals surface area contributed by atoms with E-state index in [4.69, 9.17) is 15.2 Å². The van der Waals surface area contributed by atoms with Crippen LogP contribution in [0.4, 0.5) is 10.6 Å². The van der Waals surface area contributed by atoms with E-state index in [1.807, 2.05) is 5.32 Å². The summed E-state index contributed by atoms with van der Waals surface area (Å²) in [5, 5.41) is 32.5. The van der Waals surface area contributed by atoms with Gasteiger partial charge >= 0.3 is 43.0 Å². The fourth-order valence-electron chi connectivity index (χ4n) is 4.43. The number of aromatic nitrogens is 2. The zero-order valence-electron chi connectivity index (χ0n) is 24.8. The molecular formula is C18H29N5NaO21P4. The maximum Gasteiger partial charge on any atom is 0.490 e. The van der Waals surface area contributed by atoms with E-state index in [0.29, 0.717) is 0 Å². The number of carbonyl (C=O) groups is 2. The molecule has 1 radical (unpaired) electrons. The first kappa shape index (κ1) is 42.4. The van der Waals surface area contributed by atoms with Crippen molar-refractivity contribution in [2.75, 3.05) is 25.5 Å². The first-order valence-corrected chi connectivity index (χ1v) is 19.1. The van der Waals surface area contributed by atoms with Crippen molar-refractivity contribution in [3.8, 4) is 0 Å². The molecule has 31 heteroatoms. The van der Waals surface area contributed by atoms with E-state index in [9.17, 15) is 67.5 Å². The van der Waals surface area contributed by atoms with Crippen LogP contribution in [0.15, 0.2) is 17.1 Å². The van der Waals surface area contributed by atoms with Crippen LogP contribution in [0.5, 0.6) is 0 Å². The Balaban J connectivity index is 0.00000650. The molecule has 0 aromatic carbocycles. The molecule has 0 spiro atoms. The number of anilines is 1. The van der Waals surface area contributed by atoms with Crippen molar-refractivity contribution >= 4 is 78.6 Å². The van der Waals surface area contributed by atoms with Crippen LogP contribution in [0.2, 0.25) is 0 Å². The standard InChI is InChI=1S/C18H29N5O21P4.Na/c19-11-1-3-22(17(28)20-11)13-5-8(24)9(40-13)6-38-45(30,31)42-47(34,35)44-48(36,37)43-46(32,33)39-7-10-14(26)15(27)16(41-10)23-4-2-12(25)21-18(23)29;/h1,3,8-10,13-16,24,26-27H,2,4-7H2,(H,30,31)(H,32,33)(H,34,35)(H,36,37)(H2,19,20,28)(H,21,25,29);/t8-,9+,10+,13+,14+,15+,16+;/m0./s1. The van der Waals surface area contributed by atoms with E-state index >= 15 is 0 Å². The third-order valence-electron chi connectivity index (χ3n) is 6.52. The number of imide groups is 1. The Morgan fingerprint density at radius 2 is 1.43 bits per heavy atom. The smallest absolute Gasteiger partial charge is 0.390 e. The van der Waals surface area contributed by atoms with Crippen LogP contribution in [-0.2, 0) is 54.5 Å². The van der Waals surface area contributed by atoms with Gasteiger partial charge in [0, 0.05) is 55.1 Å². The monoisotopic (exact) mass is 798 g/mol. The number of carbonyl (C=O) groups excluding carboxylic acids is 2. The molecule has 0 bridgehead atoms. The van der Waals surface area contributed by atoms with Gasteiger partial charge in [-0.05, 0) is 6.07 Å². The van der Waals surface area contributed by atoms with E-state index in [1.165, 1.54) is 12.3 Å². The van der Waals surface area contributed by atoms with Crippen molar-refractivity contribution in [3.05, 3.63) is 22.7 Å². The van der Waals surface area contributed by atoms with Gasteiger partial charge in [-0.15, -0.1) is 0 Å². The number of aliphatic hydroxyl groups excluding tert-OH is 3. The number of nitrogens with zero attached hydrogens (tertiary/aromatic N) is 3. The van der Waals surface area contributed by atoms with Crippen molar-refractivity contribution in [1.29, 1.82) is 0 Å². The van der Waals surface area contributed by atoms with Gasteiger partial charge in [-0.3, -0.25) is 28.6 Å². The molecule has 1 aromatic rings. The van der Waals surface area contributed by atoms with Crippen molar-refractivity contribution < 1.29 is 94.2 Å². The third-order valence-corrected chi connectivity index (χ3v) is 12.4. The number of nitrogen functional groups attached to an aromatic ring is 1. The van der Waals surface area contributed by atoms with Gasteiger partial charge in [-0.1, -0.05) is 0 Å². The molecule has 3 aliphatic heterocycles. The minimum absolute atomic E-state index is 0. The predicted octanol–water partition coefficient (Wildman–Crippen LogP) is -3.03. The number of hydrogen-bond acceptors (Lipinski definition) is 19. The summed E-state index contributed by atoms with van der Waals surface area (Å²) in [5.74, 6) is -0.721. The zero-order chi connectivity index (χ0) is 35.8. The van der Waals surface area contributed by atoms with Crippen LogP contribution in [0, 0.1) is 0 Å². The summed E-state index contributed by atoms with van der Waals surface area (Å²) in [6, 6.07) is 0.273. The molecule has 0 saturated carbocycles. The summed E-state index contributed by atoms with van der Waals surface area (Å²) in [5.41, 5.74) is 4.55. The summed E-state index contributed by atoms with van der Waals surface area (Å²) in [7, 11) is -23.8. The molecule has 0 aliphatic carbocycles. The van der Waals surface area contributed by atoms with Gasteiger partial charge in [-0.25, -0.2) is 27.8 Å². The minimum atomic E-state index is -6.18. The number of urea groups is 1. The Labute approximate surface area is 295 Å². The molecule has 3 fully saturated rings. The Morgan fingerprint density at radius 3 is 1.98 bits per heavy atom. The van der Waals surface area contributed by atoms with E-state index in [0.717, 1.165) is 9.47 Å². The van der Waals surface area contributed by atoms with E-state index in [1.54, 1.807) is 0 Å².